The topological polar surface area (TPSA) is 74.7 Å². The third kappa shape index (κ3) is 1.80. The fourth-order valence-corrected chi connectivity index (χ4v) is 6.07. The second kappa shape index (κ2) is 4.55. The highest BCUT2D eigenvalue weighted by Crippen LogP contribution is 2.56. The van der Waals surface area contributed by atoms with Gasteiger partial charge in [-0.25, -0.2) is 8.42 Å². The number of hydrogen-bond acceptors (Lipinski definition) is 3. The molecule has 4 rings (SSSR count). The molecule has 22 heavy (non-hydrogen) atoms. The largest absolute Gasteiger partial charge is 0.480 e. The molecule has 118 valence electrons. The van der Waals surface area contributed by atoms with Gasteiger partial charge in [0.15, 0.2) is 0 Å². The molecule has 2 fully saturated rings. The van der Waals surface area contributed by atoms with E-state index < -0.39 is 21.5 Å². The number of rotatable bonds is 3. The first kappa shape index (κ1) is 14.2. The van der Waals surface area contributed by atoms with Gasteiger partial charge < -0.3 is 5.11 Å². The summed E-state index contributed by atoms with van der Waals surface area (Å²) >= 11 is 0. The van der Waals surface area contributed by atoms with Gasteiger partial charge in [-0.05, 0) is 67.7 Å². The Morgan fingerprint density at radius 1 is 1.23 bits per heavy atom. The summed E-state index contributed by atoms with van der Waals surface area (Å²) in [5.74, 6) is -1.02. The van der Waals surface area contributed by atoms with E-state index in [4.69, 9.17) is 0 Å². The Bertz CT molecular complexity index is 757. The Balaban J connectivity index is 1.76. The molecule has 0 bridgehead atoms. The quantitative estimate of drug-likeness (QED) is 0.921. The van der Waals surface area contributed by atoms with E-state index in [1.54, 1.807) is 12.1 Å². The van der Waals surface area contributed by atoms with Crippen molar-refractivity contribution in [2.24, 2.45) is 5.92 Å². The molecule has 2 aliphatic carbocycles. The molecule has 0 spiro atoms. The molecule has 1 saturated heterocycles. The zero-order chi connectivity index (χ0) is 15.5. The average Bonchev–Trinajstić information content (AvgIpc) is 3.08. The second-order valence-electron chi connectivity index (χ2n) is 6.63. The minimum atomic E-state index is -3.74. The highest BCUT2D eigenvalue weighted by Gasteiger charge is 2.68. The number of carboxylic acids is 1. The maximum Gasteiger partial charge on any atom is 0.325 e. The molecule has 1 aromatic carbocycles. The molecule has 6 heteroatoms. The smallest absolute Gasteiger partial charge is 0.325 e. The number of benzene rings is 1. The Kier molecular flexibility index (Phi) is 2.94. The lowest BCUT2D eigenvalue weighted by atomic mass is 10.1. The fourth-order valence-electron chi connectivity index (χ4n) is 4.18. The summed E-state index contributed by atoms with van der Waals surface area (Å²) in [5, 5.41) is 9.57. The highest BCUT2D eigenvalue weighted by atomic mass is 32.2. The summed E-state index contributed by atoms with van der Waals surface area (Å²) in [6.45, 7) is 0.308. The van der Waals surface area contributed by atoms with Crippen molar-refractivity contribution in [2.75, 3.05) is 6.54 Å². The predicted molar refractivity (Wildman–Crippen MR) is 80.1 cm³/mol. The third-order valence-corrected chi connectivity index (χ3v) is 7.40. The minimum Gasteiger partial charge on any atom is -0.480 e. The van der Waals surface area contributed by atoms with Gasteiger partial charge in [-0.1, -0.05) is 6.07 Å². The number of aliphatic carboxylic acids is 1. The van der Waals surface area contributed by atoms with Gasteiger partial charge >= 0.3 is 5.97 Å². The third-order valence-electron chi connectivity index (χ3n) is 5.46. The Hall–Kier alpha value is -1.40. The average molecular weight is 321 g/mol. The van der Waals surface area contributed by atoms with Crippen molar-refractivity contribution in [1.29, 1.82) is 0 Å². The van der Waals surface area contributed by atoms with Crippen LogP contribution in [-0.4, -0.2) is 35.9 Å². The number of carboxylic acid groups (broad SMARTS) is 1. The Morgan fingerprint density at radius 2 is 2.00 bits per heavy atom. The van der Waals surface area contributed by atoms with E-state index in [9.17, 15) is 18.3 Å². The van der Waals surface area contributed by atoms with Crippen molar-refractivity contribution in [3.05, 3.63) is 29.3 Å². The van der Waals surface area contributed by atoms with Gasteiger partial charge in [0.25, 0.3) is 0 Å². The van der Waals surface area contributed by atoms with Crippen LogP contribution in [0.1, 0.15) is 36.8 Å². The van der Waals surface area contributed by atoms with Gasteiger partial charge in [0.05, 0.1) is 4.90 Å². The zero-order valence-corrected chi connectivity index (χ0v) is 13.1. The summed E-state index contributed by atoms with van der Waals surface area (Å²) in [5.41, 5.74) is 1.13. The second-order valence-corrected chi connectivity index (χ2v) is 8.50. The van der Waals surface area contributed by atoms with Crippen molar-refractivity contribution in [3.63, 3.8) is 0 Å². The molecular formula is C16H19NO4S. The Labute approximate surface area is 130 Å². The van der Waals surface area contributed by atoms with Crippen LogP contribution >= 0.6 is 0 Å². The van der Waals surface area contributed by atoms with E-state index >= 15 is 0 Å². The minimum absolute atomic E-state index is 0.0250. The monoisotopic (exact) mass is 321 g/mol. The van der Waals surface area contributed by atoms with E-state index in [0.29, 0.717) is 13.0 Å². The van der Waals surface area contributed by atoms with Crippen molar-refractivity contribution in [1.82, 2.24) is 4.31 Å². The van der Waals surface area contributed by atoms with E-state index in [1.807, 2.05) is 6.07 Å². The van der Waals surface area contributed by atoms with Crippen LogP contribution in [0.3, 0.4) is 0 Å². The van der Waals surface area contributed by atoms with E-state index in [-0.39, 0.29) is 10.8 Å². The lowest BCUT2D eigenvalue weighted by molar-refractivity contribution is -0.144. The summed E-state index contributed by atoms with van der Waals surface area (Å²) in [4.78, 5) is 11.9. The molecule has 5 nitrogen and oxygen atoms in total. The first-order chi connectivity index (χ1) is 10.5. The molecular weight excluding hydrogens is 302 g/mol. The molecule has 1 aromatic rings. The standard InChI is InChI=1S/C16H19NO4S/c18-15(19)16-10-13(16)5-2-8-17(16)22(20,21)14-7-6-11-3-1-4-12(11)9-14/h6-7,9,13H,1-5,8,10H2,(H,18,19)/t13-,16+/m1/s1. The summed E-state index contributed by atoms with van der Waals surface area (Å²) in [7, 11) is -3.74. The summed E-state index contributed by atoms with van der Waals surface area (Å²) in [6.07, 6.45) is 4.97. The van der Waals surface area contributed by atoms with Crippen LogP contribution in [0.15, 0.2) is 23.1 Å². The van der Waals surface area contributed by atoms with E-state index in [1.165, 1.54) is 9.87 Å². The molecule has 1 aliphatic heterocycles. The molecule has 0 radical (unpaired) electrons. The van der Waals surface area contributed by atoms with Crippen LogP contribution in [0.5, 0.6) is 0 Å². The summed E-state index contributed by atoms with van der Waals surface area (Å²) < 4.78 is 27.2. The van der Waals surface area contributed by atoms with Crippen LogP contribution in [-0.2, 0) is 27.7 Å². The number of aryl methyl sites for hydroxylation is 2. The first-order valence-electron chi connectivity index (χ1n) is 7.84. The highest BCUT2D eigenvalue weighted by molar-refractivity contribution is 7.89. The SMILES string of the molecule is O=C(O)[C@]12C[C@H]1CCCN2S(=O)(=O)c1ccc2c(c1)CCC2. The van der Waals surface area contributed by atoms with Crippen LogP contribution < -0.4 is 0 Å². The van der Waals surface area contributed by atoms with Crippen molar-refractivity contribution in [3.8, 4) is 0 Å². The molecule has 1 heterocycles. The maximum atomic E-state index is 13.0. The molecule has 3 aliphatic rings. The van der Waals surface area contributed by atoms with Gasteiger partial charge in [0.2, 0.25) is 10.0 Å². The molecule has 2 atom stereocenters. The lowest BCUT2D eigenvalue weighted by Crippen LogP contribution is -2.51. The summed E-state index contributed by atoms with van der Waals surface area (Å²) in [6, 6.07) is 5.28. The molecule has 0 unspecified atom stereocenters. The van der Waals surface area contributed by atoms with E-state index in [2.05, 4.69) is 0 Å². The fraction of sp³-hybridized carbons (Fsp3) is 0.562. The van der Waals surface area contributed by atoms with Crippen LogP contribution in [0.2, 0.25) is 0 Å². The molecule has 1 N–H and O–H groups in total. The molecule has 1 saturated carbocycles. The number of carbonyl (C=O) groups is 1. The van der Waals surface area contributed by atoms with E-state index in [0.717, 1.165) is 37.7 Å². The van der Waals surface area contributed by atoms with Gasteiger partial charge in [-0.2, -0.15) is 4.31 Å². The lowest BCUT2D eigenvalue weighted by Gasteiger charge is -2.32. The van der Waals surface area contributed by atoms with Crippen molar-refractivity contribution >= 4 is 16.0 Å². The van der Waals surface area contributed by atoms with Crippen molar-refractivity contribution < 1.29 is 18.3 Å². The van der Waals surface area contributed by atoms with Crippen LogP contribution in [0, 0.1) is 5.92 Å². The predicted octanol–water partition coefficient (Wildman–Crippen LogP) is 1.80. The number of sulfonamides is 1. The van der Waals surface area contributed by atoms with Gasteiger partial charge in [0, 0.05) is 6.54 Å². The van der Waals surface area contributed by atoms with Crippen LogP contribution in [0.25, 0.3) is 0 Å². The van der Waals surface area contributed by atoms with Gasteiger partial charge in [-0.15, -0.1) is 0 Å². The maximum absolute atomic E-state index is 13.0. The first-order valence-corrected chi connectivity index (χ1v) is 9.28. The molecule has 0 aromatic heterocycles. The zero-order valence-electron chi connectivity index (χ0n) is 12.3. The number of hydrogen-bond donors (Lipinski definition) is 1. The molecule has 0 amide bonds. The van der Waals surface area contributed by atoms with Gasteiger partial charge in [-0.3, -0.25) is 4.79 Å². The Morgan fingerprint density at radius 3 is 2.77 bits per heavy atom. The number of piperidine rings is 1. The number of nitrogens with zero attached hydrogens (tertiary/aromatic N) is 1. The normalized spacial score (nSPS) is 30.6. The van der Waals surface area contributed by atoms with Crippen LogP contribution in [0.4, 0.5) is 0 Å². The number of fused-ring (bicyclic) bond motifs is 2. The van der Waals surface area contributed by atoms with Crippen molar-refractivity contribution in [2.45, 2.75) is 49.0 Å². The van der Waals surface area contributed by atoms with Gasteiger partial charge in [0.1, 0.15) is 5.54 Å².